The summed E-state index contributed by atoms with van der Waals surface area (Å²) in [5.74, 6) is -0.947. The van der Waals surface area contributed by atoms with E-state index < -0.39 is 27.7 Å². The molecule has 0 bridgehead atoms. The number of sulfone groups is 1. The van der Waals surface area contributed by atoms with Gasteiger partial charge in [-0.3, -0.25) is 0 Å². The highest BCUT2D eigenvalue weighted by molar-refractivity contribution is 7.89. The molecule has 0 fully saturated rings. The topological polar surface area (TPSA) is 90.6 Å². The van der Waals surface area contributed by atoms with Crippen LogP contribution in [0.3, 0.4) is 0 Å². The van der Waals surface area contributed by atoms with Crippen molar-refractivity contribution in [1.82, 2.24) is 25.2 Å². The molecule has 104 valence electrons. The van der Waals surface area contributed by atoms with E-state index in [1.54, 1.807) is 0 Å². The second kappa shape index (κ2) is 5.25. The van der Waals surface area contributed by atoms with Crippen LogP contribution in [0.15, 0.2) is 5.51 Å². The number of aromatic nitrogens is 5. The van der Waals surface area contributed by atoms with E-state index in [1.807, 2.05) is 0 Å². The first-order chi connectivity index (χ1) is 8.89. The number of halogens is 2. The van der Waals surface area contributed by atoms with Gasteiger partial charge in [-0.2, -0.15) is 0 Å². The van der Waals surface area contributed by atoms with Gasteiger partial charge in [-0.05, 0) is 0 Å². The highest BCUT2D eigenvalue weighted by Gasteiger charge is 2.25. The lowest BCUT2D eigenvalue weighted by atomic mass is 10.3. The SMILES string of the molecule is Cn1nnc(CS(=O)(=O)Cc2nncs2)c1C(F)F. The monoisotopic (exact) mass is 309 g/mol. The minimum absolute atomic E-state index is 0.234. The fraction of sp³-hybridized carbons (Fsp3) is 0.500. The largest absolute Gasteiger partial charge is 0.281 e. The van der Waals surface area contributed by atoms with Gasteiger partial charge in [0.15, 0.2) is 9.84 Å². The molecular weight excluding hydrogens is 300 g/mol. The van der Waals surface area contributed by atoms with Crippen molar-refractivity contribution in [1.29, 1.82) is 0 Å². The van der Waals surface area contributed by atoms with Crippen LogP contribution < -0.4 is 0 Å². The molecule has 0 aliphatic rings. The van der Waals surface area contributed by atoms with Crippen molar-refractivity contribution in [3.8, 4) is 0 Å². The van der Waals surface area contributed by atoms with Gasteiger partial charge in [-0.25, -0.2) is 21.9 Å². The van der Waals surface area contributed by atoms with Crippen LogP contribution in [0.2, 0.25) is 0 Å². The Morgan fingerprint density at radius 2 is 2.11 bits per heavy atom. The molecule has 0 spiro atoms. The Bertz CT molecular complexity index is 653. The van der Waals surface area contributed by atoms with Crippen LogP contribution in [0.25, 0.3) is 0 Å². The maximum atomic E-state index is 12.8. The Morgan fingerprint density at radius 3 is 2.68 bits per heavy atom. The molecule has 2 aromatic rings. The lowest BCUT2D eigenvalue weighted by molar-refractivity contribution is 0.140. The zero-order chi connectivity index (χ0) is 14.0. The zero-order valence-electron chi connectivity index (χ0n) is 9.69. The quantitative estimate of drug-likeness (QED) is 0.808. The molecule has 0 saturated heterocycles. The van der Waals surface area contributed by atoms with Crippen molar-refractivity contribution in [3.63, 3.8) is 0 Å². The molecule has 2 rings (SSSR count). The summed E-state index contributed by atoms with van der Waals surface area (Å²) in [6.45, 7) is 0. The minimum Gasteiger partial charge on any atom is -0.246 e. The third-order valence-corrected chi connectivity index (χ3v) is 4.56. The average Bonchev–Trinajstić information content (AvgIpc) is 2.87. The first-order valence-corrected chi connectivity index (χ1v) is 7.71. The van der Waals surface area contributed by atoms with Gasteiger partial charge in [0.1, 0.15) is 27.7 Å². The van der Waals surface area contributed by atoms with E-state index in [-0.39, 0.29) is 11.4 Å². The molecule has 2 aromatic heterocycles. The van der Waals surface area contributed by atoms with Crippen LogP contribution in [0.4, 0.5) is 8.78 Å². The number of rotatable bonds is 5. The third kappa shape index (κ3) is 3.29. The second-order valence-corrected chi connectivity index (χ2v) is 6.69. The molecule has 0 aliphatic carbocycles. The molecule has 0 N–H and O–H groups in total. The molecule has 11 heteroatoms. The van der Waals surface area contributed by atoms with Crippen LogP contribution in [0.5, 0.6) is 0 Å². The normalized spacial score (nSPS) is 12.2. The summed E-state index contributed by atoms with van der Waals surface area (Å²) >= 11 is 1.09. The molecule has 0 saturated carbocycles. The number of nitrogens with zero attached hydrogens (tertiary/aromatic N) is 5. The van der Waals surface area contributed by atoms with Crippen LogP contribution in [0.1, 0.15) is 22.8 Å². The second-order valence-electron chi connectivity index (χ2n) is 3.71. The minimum atomic E-state index is -3.64. The van der Waals surface area contributed by atoms with Crippen LogP contribution in [0, 0.1) is 0 Å². The molecule has 0 amide bonds. The average molecular weight is 309 g/mol. The Balaban J connectivity index is 2.21. The van der Waals surface area contributed by atoms with E-state index in [0.29, 0.717) is 5.01 Å². The van der Waals surface area contributed by atoms with E-state index in [9.17, 15) is 17.2 Å². The van der Waals surface area contributed by atoms with Gasteiger partial charge in [-0.1, -0.05) is 5.21 Å². The standard InChI is InChI=1S/C8H9F2N5O2S2/c1-15-7(8(9)10)5(12-14-15)2-19(16,17)3-6-13-11-4-18-6/h4,8H,2-3H2,1H3. The smallest absolute Gasteiger partial charge is 0.246 e. The molecule has 19 heavy (non-hydrogen) atoms. The summed E-state index contributed by atoms with van der Waals surface area (Å²) in [4.78, 5) is 0. The predicted molar refractivity (Wildman–Crippen MR) is 62.2 cm³/mol. The van der Waals surface area contributed by atoms with Gasteiger partial charge in [0.25, 0.3) is 6.43 Å². The van der Waals surface area contributed by atoms with Gasteiger partial charge in [-0.15, -0.1) is 26.6 Å². The summed E-state index contributed by atoms with van der Waals surface area (Å²) in [6.07, 6.45) is -2.83. The molecule has 0 aliphatic heterocycles. The van der Waals surface area contributed by atoms with Crippen molar-refractivity contribution in [3.05, 3.63) is 21.9 Å². The van der Waals surface area contributed by atoms with Gasteiger partial charge in [0.05, 0.1) is 5.75 Å². The summed E-state index contributed by atoms with van der Waals surface area (Å²) in [6, 6.07) is 0. The van der Waals surface area contributed by atoms with E-state index >= 15 is 0 Å². The molecule has 2 heterocycles. The van der Waals surface area contributed by atoms with Crippen molar-refractivity contribution >= 4 is 21.2 Å². The Hall–Kier alpha value is -1.49. The fourth-order valence-electron chi connectivity index (χ4n) is 1.48. The third-order valence-electron chi connectivity index (χ3n) is 2.26. The lowest BCUT2D eigenvalue weighted by Gasteiger charge is -2.03. The predicted octanol–water partition coefficient (Wildman–Crippen LogP) is 0.719. The molecule has 0 unspecified atom stereocenters. The van der Waals surface area contributed by atoms with E-state index in [0.717, 1.165) is 16.0 Å². The van der Waals surface area contributed by atoms with Crippen molar-refractivity contribution in [2.45, 2.75) is 17.9 Å². The van der Waals surface area contributed by atoms with Crippen LogP contribution in [-0.4, -0.2) is 33.6 Å². The van der Waals surface area contributed by atoms with E-state index in [2.05, 4.69) is 20.5 Å². The summed E-state index contributed by atoms with van der Waals surface area (Å²) < 4.78 is 50.1. The van der Waals surface area contributed by atoms with Crippen molar-refractivity contribution < 1.29 is 17.2 Å². The molecular formula is C8H9F2N5O2S2. The number of aryl methyl sites for hydroxylation is 1. The molecule has 0 radical (unpaired) electrons. The zero-order valence-corrected chi connectivity index (χ0v) is 11.3. The van der Waals surface area contributed by atoms with Gasteiger partial charge < -0.3 is 0 Å². The maximum absolute atomic E-state index is 12.8. The highest BCUT2D eigenvalue weighted by Crippen LogP contribution is 2.23. The van der Waals surface area contributed by atoms with E-state index in [1.165, 1.54) is 12.6 Å². The van der Waals surface area contributed by atoms with Crippen LogP contribution >= 0.6 is 11.3 Å². The van der Waals surface area contributed by atoms with Crippen molar-refractivity contribution in [2.75, 3.05) is 0 Å². The van der Waals surface area contributed by atoms with Crippen LogP contribution in [-0.2, 0) is 28.4 Å². The molecule has 0 atom stereocenters. The van der Waals surface area contributed by atoms with Gasteiger partial charge >= 0.3 is 0 Å². The maximum Gasteiger partial charge on any atom is 0.281 e. The molecule has 7 nitrogen and oxygen atoms in total. The Morgan fingerprint density at radius 1 is 1.37 bits per heavy atom. The number of alkyl halides is 2. The number of hydrogen-bond acceptors (Lipinski definition) is 7. The Kier molecular flexibility index (Phi) is 3.85. The van der Waals surface area contributed by atoms with Crippen molar-refractivity contribution in [2.24, 2.45) is 7.05 Å². The fourth-order valence-corrected chi connectivity index (χ4v) is 3.76. The van der Waals surface area contributed by atoms with Gasteiger partial charge in [0, 0.05) is 7.05 Å². The highest BCUT2D eigenvalue weighted by atomic mass is 32.2. The number of hydrogen-bond donors (Lipinski definition) is 0. The first-order valence-electron chi connectivity index (χ1n) is 5.01. The van der Waals surface area contributed by atoms with Gasteiger partial charge in [0.2, 0.25) is 0 Å². The summed E-state index contributed by atoms with van der Waals surface area (Å²) in [5, 5.41) is 14.3. The van der Waals surface area contributed by atoms with E-state index in [4.69, 9.17) is 0 Å². The lowest BCUT2D eigenvalue weighted by Crippen LogP contribution is -2.10. The first kappa shape index (κ1) is 13.9. The summed E-state index contributed by atoms with van der Waals surface area (Å²) in [5.41, 5.74) is 0.681. The molecule has 0 aromatic carbocycles. The Labute approximate surface area is 111 Å². The summed E-state index contributed by atoms with van der Waals surface area (Å²) in [7, 11) is -2.35.